The first-order valence-electron chi connectivity index (χ1n) is 13.3. The van der Waals surface area contributed by atoms with Crippen molar-refractivity contribution in [3.05, 3.63) is 84.1 Å². The first kappa shape index (κ1) is 30.4. The van der Waals surface area contributed by atoms with Gasteiger partial charge in [-0.3, -0.25) is 9.59 Å². The number of para-hydroxylation sites is 1. The number of carbonyl (C=O) groups is 2. The molecule has 0 bridgehead atoms. The molecule has 0 spiro atoms. The van der Waals surface area contributed by atoms with Crippen molar-refractivity contribution in [2.24, 2.45) is 5.73 Å². The molecule has 0 aliphatic carbocycles. The third kappa shape index (κ3) is 6.65. The van der Waals surface area contributed by atoms with Gasteiger partial charge >= 0.3 is 6.18 Å². The molecule has 1 heterocycles. The largest absolute Gasteiger partial charge is 0.420 e. The predicted octanol–water partition coefficient (Wildman–Crippen LogP) is 4.17. The maximum atomic E-state index is 14.4. The van der Waals surface area contributed by atoms with Crippen molar-refractivity contribution < 1.29 is 27.9 Å². The van der Waals surface area contributed by atoms with Gasteiger partial charge in [-0.1, -0.05) is 24.3 Å². The summed E-state index contributed by atoms with van der Waals surface area (Å²) in [6.45, 7) is 3.54. The van der Waals surface area contributed by atoms with Crippen LogP contribution in [0.1, 0.15) is 29.8 Å². The molecule has 42 heavy (non-hydrogen) atoms. The Hall–Kier alpha value is -4.58. The fourth-order valence-corrected chi connectivity index (χ4v) is 4.63. The first-order chi connectivity index (χ1) is 19.8. The van der Waals surface area contributed by atoms with E-state index >= 15 is 0 Å². The van der Waals surface area contributed by atoms with Crippen LogP contribution >= 0.6 is 0 Å². The Morgan fingerprint density at radius 1 is 1.07 bits per heavy atom. The molecule has 4 aromatic rings. The van der Waals surface area contributed by atoms with Gasteiger partial charge in [0.2, 0.25) is 5.91 Å². The number of hydrogen-bond donors (Lipinski definition) is 4. The lowest BCUT2D eigenvalue weighted by Gasteiger charge is -2.39. The molecule has 222 valence electrons. The van der Waals surface area contributed by atoms with E-state index in [4.69, 9.17) is 5.73 Å². The van der Waals surface area contributed by atoms with Crippen LogP contribution in [0, 0.1) is 6.92 Å². The Kier molecular flexibility index (Phi) is 8.76. The monoisotopic (exact) mass is 582 g/mol. The smallest absolute Gasteiger partial charge is 0.381 e. The zero-order valence-electron chi connectivity index (χ0n) is 23.4. The number of aliphatic hydroxyl groups is 1. The predicted molar refractivity (Wildman–Crippen MR) is 156 cm³/mol. The van der Waals surface area contributed by atoms with E-state index in [1.165, 1.54) is 11.1 Å². The maximum absolute atomic E-state index is 14.4. The van der Waals surface area contributed by atoms with Gasteiger partial charge in [-0.25, -0.2) is 4.68 Å². The zero-order chi connectivity index (χ0) is 30.7. The summed E-state index contributed by atoms with van der Waals surface area (Å²) >= 11 is 0. The van der Waals surface area contributed by atoms with E-state index < -0.39 is 36.7 Å². The number of hydrogen-bond acceptors (Lipinski definition) is 6. The van der Waals surface area contributed by atoms with Crippen LogP contribution in [0.2, 0.25) is 0 Å². The van der Waals surface area contributed by atoms with Crippen molar-refractivity contribution in [2.75, 3.05) is 29.9 Å². The molecule has 4 rings (SSSR count). The van der Waals surface area contributed by atoms with Crippen molar-refractivity contribution >= 4 is 34.1 Å². The summed E-state index contributed by atoms with van der Waals surface area (Å²) in [7, 11) is 0. The lowest BCUT2D eigenvalue weighted by Crippen LogP contribution is -2.59. The molecule has 0 aliphatic heterocycles. The third-order valence-electron chi connectivity index (χ3n) is 6.85. The van der Waals surface area contributed by atoms with Gasteiger partial charge in [-0.05, 0) is 68.8 Å². The van der Waals surface area contributed by atoms with Gasteiger partial charge in [0.1, 0.15) is 0 Å². The molecule has 1 aromatic heterocycles. The van der Waals surface area contributed by atoms with E-state index in [0.29, 0.717) is 28.0 Å². The normalized spacial score (nSPS) is 13.1. The van der Waals surface area contributed by atoms with Crippen LogP contribution in [-0.2, 0) is 4.79 Å². The van der Waals surface area contributed by atoms with E-state index in [9.17, 15) is 27.9 Å². The van der Waals surface area contributed by atoms with Gasteiger partial charge < -0.3 is 26.4 Å². The van der Waals surface area contributed by atoms with Crippen LogP contribution in [0.3, 0.4) is 0 Å². The highest BCUT2D eigenvalue weighted by molar-refractivity contribution is 5.97. The Labute approximate surface area is 241 Å². The number of alkyl halides is 3. The van der Waals surface area contributed by atoms with Crippen molar-refractivity contribution in [3.8, 4) is 5.69 Å². The minimum absolute atomic E-state index is 0.270. The van der Waals surface area contributed by atoms with E-state index in [1.54, 1.807) is 86.1 Å². The summed E-state index contributed by atoms with van der Waals surface area (Å²) in [6.07, 6.45) is -3.42. The lowest BCUT2D eigenvalue weighted by molar-refractivity contribution is -0.250. The fourth-order valence-electron chi connectivity index (χ4n) is 4.63. The standard InChI is InChI=1S/C30H33F3N6O3/c1-19(2)38(22-9-5-4-6-10-22)18-29(42,30(31,32)33)17-36-25-12-20(3)13-26-24(25)15-37-39(26)23-11-7-8-21(14-23)28(41)35-16-27(34)40/h4-15,19,36,42H,16-18H2,1-3H3,(H2,34,40)(H,35,41). The van der Waals surface area contributed by atoms with Gasteiger partial charge in [0, 0.05) is 28.4 Å². The summed E-state index contributed by atoms with van der Waals surface area (Å²) in [5.74, 6) is -1.18. The highest BCUT2D eigenvalue weighted by Crippen LogP contribution is 2.35. The number of amides is 2. The number of nitrogens with one attached hydrogen (secondary N) is 2. The average molecular weight is 583 g/mol. The fraction of sp³-hybridized carbons (Fsp3) is 0.300. The summed E-state index contributed by atoms with van der Waals surface area (Å²) in [6, 6.07) is 18.4. The van der Waals surface area contributed by atoms with Gasteiger partial charge in [-0.2, -0.15) is 18.3 Å². The second kappa shape index (κ2) is 12.1. The van der Waals surface area contributed by atoms with Gasteiger partial charge in [0.15, 0.2) is 5.60 Å². The highest BCUT2D eigenvalue weighted by Gasteiger charge is 2.54. The number of carbonyl (C=O) groups excluding carboxylic acids is 2. The minimum atomic E-state index is -4.93. The number of benzene rings is 3. The Morgan fingerprint density at radius 3 is 2.43 bits per heavy atom. The number of nitrogens with two attached hydrogens (primary N) is 1. The van der Waals surface area contributed by atoms with Crippen LogP contribution in [-0.4, -0.2) is 64.2 Å². The van der Waals surface area contributed by atoms with E-state index in [0.717, 1.165) is 5.56 Å². The van der Waals surface area contributed by atoms with E-state index in [2.05, 4.69) is 15.7 Å². The van der Waals surface area contributed by atoms with Gasteiger partial charge in [0.25, 0.3) is 5.91 Å². The van der Waals surface area contributed by atoms with Gasteiger partial charge in [0.05, 0.1) is 37.0 Å². The van der Waals surface area contributed by atoms with Crippen LogP contribution in [0.4, 0.5) is 24.5 Å². The number of rotatable bonds is 11. The number of nitrogens with zero attached hydrogens (tertiary/aromatic N) is 3. The Bertz CT molecular complexity index is 1570. The summed E-state index contributed by atoms with van der Waals surface area (Å²) in [5.41, 5.74) is 5.07. The number of halogens is 3. The van der Waals surface area contributed by atoms with Crippen molar-refractivity contribution in [1.29, 1.82) is 0 Å². The molecule has 0 saturated carbocycles. The highest BCUT2D eigenvalue weighted by atomic mass is 19.4. The molecule has 1 atom stereocenters. The number of anilines is 2. The van der Waals surface area contributed by atoms with Crippen LogP contribution in [0.15, 0.2) is 72.9 Å². The van der Waals surface area contributed by atoms with Crippen LogP contribution in [0.5, 0.6) is 0 Å². The molecule has 0 aliphatic rings. The quantitative estimate of drug-likeness (QED) is 0.210. The van der Waals surface area contributed by atoms with Gasteiger partial charge in [-0.15, -0.1) is 0 Å². The molecule has 0 saturated heterocycles. The molecule has 3 aromatic carbocycles. The van der Waals surface area contributed by atoms with Crippen LogP contribution in [0.25, 0.3) is 16.6 Å². The van der Waals surface area contributed by atoms with Crippen LogP contribution < -0.4 is 21.3 Å². The summed E-state index contributed by atoms with van der Waals surface area (Å²) in [5, 5.41) is 21.3. The summed E-state index contributed by atoms with van der Waals surface area (Å²) < 4.78 is 44.7. The Morgan fingerprint density at radius 2 is 1.79 bits per heavy atom. The van der Waals surface area contributed by atoms with E-state index in [1.807, 2.05) is 6.07 Å². The molecular formula is C30H33F3N6O3. The summed E-state index contributed by atoms with van der Waals surface area (Å²) in [4.78, 5) is 25.0. The number of fused-ring (bicyclic) bond motifs is 1. The average Bonchev–Trinajstić information content (AvgIpc) is 3.37. The molecule has 9 nitrogen and oxygen atoms in total. The number of aromatic nitrogens is 2. The molecule has 0 fully saturated rings. The molecule has 12 heteroatoms. The van der Waals surface area contributed by atoms with E-state index in [-0.39, 0.29) is 18.2 Å². The molecule has 0 radical (unpaired) electrons. The number of primary amides is 1. The topological polar surface area (TPSA) is 126 Å². The second-order valence-corrected chi connectivity index (χ2v) is 10.4. The number of aryl methyl sites for hydroxylation is 1. The van der Waals surface area contributed by atoms with Crippen molar-refractivity contribution in [1.82, 2.24) is 15.1 Å². The van der Waals surface area contributed by atoms with Crippen molar-refractivity contribution in [3.63, 3.8) is 0 Å². The second-order valence-electron chi connectivity index (χ2n) is 10.4. The zero-order valence-corrected chi connectivity index (χ0v) is 23.4. The molecular weight excluding hydrogens is 549 g/mol. The molecule has 5 N–H and O–H groups in total. The minimum Gasteiger partial charge on any atom is -0.381 e. The molecule has 1 unspecified atom stereocenters. The molecule has 2 amide bonds. The lowest BCUT2D eigenvalue weighted by atomic mass is 10.0. The Balaban J connectivity index is 1.64. The van der Waals surface area contributed by atoms with Crippen molar-refractivity contribution in [2.45, 2.75) is 38.6 Å². The first-order valence-corrected chi connectivity index (χ1v) is 13.3. The maximum Gasteiger partial charge on any atom is 0.420 e. The SMILES string of the molecule is Cc1cc(NCC(O)(CN(c2ccccc2)C(C)C)C(F)(F)F)c2cnn(-c3cccc(C(=O)NCC(N)=O)c3)c2c1. The third-order valence-corrected chi connectivity index (χ3v) is 6.85.